The van der Waals surface area contributed by atoms with Gasteiger partial charge in [0, 0.05) is 0 Å². The van der Waals surface area contributed by atoms with E-state index in [0.29, 0.717) is 11.3 Å². The maximum atomic E-state index is 11.8. The van der Waals surface area contributed by atoms with Crippen LogP contribution < -0.4 is 5.32 Å². The molecule has 0 unspecified atom stereocenters. The number of nitrogens with zero attached hydrogens (tertiary/aromatic N) is 1. The van der Waals surface area contributed by atoms with Crippen LogP contribution in [0.25, 0.3) is 0 Å². The Balaban J connectivity index is 2.69. The number of amides is 1. The van der Waals surface area contributed by atoms with Gasteiger partial charge in [-0.25, -0.2) is 0 Å². The average Bonchev–Trinajstić information content (AvgIpc) is 2.15. The highest BCUT2D eigenvalue weighted by Crippen LogP contribution is 2.26. The van der Waals surface area contributed by atoms with Crippen molar-refractivity contribution in [2.24, 2.45) is 5.16 Å². The third-order valence-electron chi connectivity index (χ3n) is 2.49. The zero-order valence-electron chi connectivity index (χ0n) is 8.87. The van der Waals surface area contributed by atoms with Gasteiger partial charge in [0.1, 0.15) is 0 Å². The molecule has 0 radical (unpaired) electrons. The summed E-state index contributed by atoms with van der Waals surface area (Å²) in [5, 5.41) is 13.9. The lowest BCUT2D eigenvalue weighted by molar-refractivity contribution is -0.110. The van der Waals surface area contributed by atoms with Gasteiger partial charge in [0.2, 0.25) is 11.5 Å². The van der Waals surface area contributed by atoms with Crippen molar-refractivity contribution >= 4 is 23.1 Å². The zero-order chi connectivity index (χ0) is 11.9. The molecule has 1 heterocycles. The van der Waals surface area contributed by atoms with E-state index in [1.807, 2.05) is 13.0 Å². The van der Waals surface area contributed by atoms with Crippen molar-refractivity contribution in [1.29, 1.82) is 0 Å². The Labute approximate surface area is 91.8 Å². The van der Waals surface area contributed by atoms with Crippen LogP contribution in [-0.2, 0) is 4.79 Å². The van der Waals surface area contributed by atoms with Crippen molar-refractivity contribution in [2.75, 3.05) is 5.32 Å². The summed E-state index contributed by atoms with van der Waals surface area (Å²) < 4.78 is 0. The molecular formula is C11H10N2O3. The normalized spacial score (nSPS) is 17.2. The Hall–Kier alpha value is -2.17. The minimum absolute atomic E-state index is 0.387. The van der Waals surface area contributed by atoms with E-state index >= 15 is 0 Å². The molecule has 0 saturated heterocycles. The van der Waals surface area contributed by atoms with Crippen molar-refractivity contribution in [2.45, 2.75) is 13.8 Å². The maximum Gasteiger partial charge on any atom is 0.281 e. The fourth-order valence-corrected chi connectivity index (χ4v) is 1.86. The molecule has 1 aliphatic heterocycles. The first-order chi connectivity index (χ1) is 7.54. The van der Waals surface area contributed by atoms with Crippen LogP contribution in [0.4, 0.5) is 5.69 Å². The molecule has 0 spiro atoms. The van der Waals surface area contributed by atoms with Crippen LogP contribution in [0.15, 0.2) is 17.3 Å². The minimum Gasteiger partial charge on any atom is -0.410 e. The second kappa shape index (κ2) is 3.44. The number of carbonyl (C=O) groups excluding carboxylic acids is 2. The monoisotopic (exact) mass is 218 g/mol. The van der Waals surface area contributed by atoms with Crippen LogP contribution in [-0.4, -0.2) is 22.6 Å². The number of ketones is 1. The SMILES string of the molecule is Cc1cc(C)c2c(c1)NC(=O)C(=NO)C2=O. The minimum atomic E-state index is -0.676. The maximum absolute atomic E-state index is 11.8. The number of nitrogens with one attached hydrogen (secondary N) is 1. The van der Waals surface area contributed by atoms with Crippen LogP contribution in [0.2, 0.25) is 0 Å². The number of carbonyl (C=O) groups is 2. The van der Waals surface area contributed by atoms with E-state index in [0.717, 1.165) is 11.1 Å². The van der Waals surface area contributed by atoms with Gasteiger partial charge in [-0.1, -0.05) is 11.2 Å². The summed E-state index contributed by atoms with van der Waals surface area (Å²) in [6.07, 6.45) is 0. The van der Waals surface area contributed by atoms with E-state index in [2.05, 4.69) is 10.5 Å². The highest BCUT2D eigenvalue weighted by Gasteiger charge is 2.32. The second-order valence-corrected chi connectivity index (χ2v) is 3.74. The molecule has 5 nitrogen and oxygen atoms in total. The molecule has 0 aliphatic carbocycles. The molecular weight excluding hydrogens is 208 g/mol. The quantitative estimate of drug-likeness (QED) is 0.508. The first-order valence-electron chi connectivity index (χ1n) is 4.74. The van der Waals surface area contributed by atoms with Gasteiger partial charge in [-0.05, 0) is 31.0 Å². The van der Waals surface area contributed by atoms with Gasteiger partial charge in [0.05, 0.1) is 11.3 Å². The van der Waals surface area contributed by atoms with Crippen LogP contribution in [0.5, 0.6) is 0 Å². The molecule has 0 saturated carbocycles. The fourth-order valence-electron chi connectivity index (χ4n) is 1.86. The number of anilines is 1. The third-order valence-corrected chi connectivity index (χ3v) is 2.49. The van der Waals surface area contributed by atoms with Gasteiger partial charge < -0.3 is 10.5 Å². The van der Waals surface area contributed by atoms with Crippen molar-refractivity contribution in [1.82, 2.24) is 0 Å². The standard InChI is InChI=1S/C11H10N2O3/c1-5-3-6(2)8-7(4-5)12-11(15)9(13-16)10(8)14/h3-4,16H,1-2H3,(H,12,15). The summed E-state index contributed by atoms with van der Waals surface area (Å²) in [4.78, 5) is 23.2. The summed E-state index contributed by atoms with van der Waals surface area (Å²) in [6, 6.07) is 3.55. The molecule has 0 atom stereocenters. The number of fused-ring (bicyclic) bond motifs is 1. The molecule has 16 heavy (non-hydrogen) atoms. The topological polar surface area (TPSA) is 78.8 Å². The van der Waals surface area contributed by atoms with E-state index in [1.54, 1.807) is 13.0 Å². The van der Waals surface area contributed by atoms with Crippen molar-refractivity contribution in [3.05, 3.63) is 28.8 Å². The predicted octanol–water partition coefficient (Wildman–Crippen LogP) is 1.27. The molecule has 2 N–H and O–H groups in total. The Morgan fingerprint density at radius 2 is 1.94 bits per heavy atom. The summed E-state index contributed by atoms with van der Waals surface area (Å²) >= 11 is 0. The number of hydrogen-bond acceptors (Lipinski definition) is 4. The lowest BCUT2D eigenvalue weighted by Crippen LogP contribution is -2.36. The lowest BCUT2D eigenvalue weighted by Gasteiger charge is -2.18. The Morgan fingerprint density at radius 3 is 2.56 bits per heavy atom. The first kappa shape index (κ1) is 10.4. The predicted molar refractivity (Wildman–Crippen MR) is 58.1 cm³/mol. The van der Waals surface area contributed by atoms with Gasteiger partial charge in [-0.2, -0.15) is 0 Å². The van der Waals surface area contributed by atoms with Gasteiger partial charge >= 0.3 is 0 Å². The number of Topliss-reactive ketones (excluding diaryl/α,β-unsaturated/α-hetero) is 1. The van der Waals surface area contributed by atoms with Gasteiger partial charge in [-0.15, -0.1) is 0 Å². The number of oxime groups is 1. The van der Waals surface area contributed by atoms with Crippen molar-refractivity contribution in [3.63, 3.8) is 0 Å². The summed E-state index contributed by atoms with van der Waals surface area (Å²) in [5.41, 5.74) is 2.09. The van der Waals surface area contributed by atoms with E-state index in [9.17, 15) is 9.59 Å². The van der Waals surface area contributed by atoms with Crippen LogP contribution in [0.1, 0.15) is 21.5 Å². The molecule has 1 aromatic carbocycles. The van der Waals surface area contributed by atoms with Crippen LogP contribution in [0, 0.1) is 13.8 Å². The Bertz CT molecular complexity index is 532. The lowest BCUT2D eigenvalue weighted by atomic mass is 9.94. The zero-order valence-corrected chi connectivity index (χ0v) is 8.87. The first-order valence-corrected chi connectivity index (χ1v) is 4.74. The number of benzene rings is 1. The molecule has 1 aromatic rings. The number of hydrogen-bond donors (Lipinski definition) is 2. The van der Waals surface area contributed by atoms with Crippen LogP contribution >= 0.6 is 0 Å². The second-order valence-electron chi connectivity index (χ2n) is 3.74. The third kappa shape index (κ3) is 1.37. The molecule has 2 rings (SSSR count). The molecule has 1 aliphatic rings. The number of rotatable bonds is 0. The Morgan fingerprint density at radius 1 is 1.25 bits per heavy atom. The smallest absolute Gasteiger partial charge is 0.281 e. The number of aryl methyl sites for hydroxylation is 2. The van der Waals surface area contributed by atoms with Gasteiger partial charge in [0.25, 0.3) is 5.91 Å². The molecule has 82 valence electrons. The van der Waals surface area contributed by atoms with Gasteiger partial charge in [-0.3, -0.25) is 9.59 Å². The fraction of sp³-hybridized carbons (Fsp3) is 0.182. The van der Waals surface area contributed by atoms with Gasteiger partial charge in [0.15, 0.2) is 0 Å². The highest BCUT2D eigenvalue weighted by molar-refractivity contribution is 6.72. The summed E-state index contributed by atoms with van der Waals surface area (Å²) in [7, 11) is 0. The molecule has 0 aromatic heterocycles. The van der Waals surface area contributed by atoms with E-state index in [1.165, 1.54) is 0 Å². The van der Waals surface area contributed by atoms with Crippen LogP contribution in [0.3, 0.4) is 0 Å². The summed E-state index contributed by atoms with van der Waals surface area (Å²) in [5.74, 6) is -1.22. The van der Waals surface area contributed by atoms with Crippen molar-refractivity contribution in [3.8, 4) is 0 Å². The molecule has 0 fully saturated rings. The van der Waals surface area contributed by atoms with E-state index in [4.69, 9.17) is 5.21 Å². The highest BCUT2D eigenvalue weighted by atomic mass is 16.4. The largest absolute Gasteiger partial charge is 0.410 e. The summed E-state index contributed by atoms with van der Waals surface area (Å²) in [6.45, 7) is 3.65. The molecule has 0 bridgehead atoms. The average molecular weight is 218 g/mol. The van der Waals surface area contributed by atoms with E-state index in [-0.39, 0.29) is 0 Å². The molecule has 1 amide bonds. The molecule has 5 heteroatoms. The Kier molecular flexibility index (Phi) is 2.23. The van der Waals surface area contributed by atoms with E-state index < -0.39 is 17.4 Å². The van der Waals surface area contributed by atoms with Crippen molar-refractivity contribution < 1.29 is 14.8 Å².